The number of nitrogens with zero attached hydrogens (tertiary/aromatic N) is 1. The first-order valence-corrected chi connectivity index (χ1v) is 8.95. The second-order valence-corrected chi connectivity index (χ2v) is 6.32. The topological polar surface area (TPSA) is 60.0 Å². The number of hydrogen-bond acceptors (Lipinski definition) is 5. The van der Waals surface area contributed by atoms with Crippen LogP contribution < -0.4 is 19.5 Å². The first kappa shape index (κ1) is 20.9. The third-order valence-electron chi connectivity index (χ3n) is 4.10. The van der Waals surface area contributed by atoms with E-state index in [9.17, 15) is 4.79 Å². The highest BCUT2D eigenvalue weighted by atomic mass is 35.5. The Morgan fingerprint density at radius 1 is 1.00 bits per heavy atom. The van der Waals surface area contributed by atoms with E-state index >= 15 is 0 Å². The van der Waals surface area contributed by atoms with Crippen LogP contribution in [-0.2, 0) is 11.3 Å². The number of amides is 1. The second kappa shape index (κ2) is 10.0. The number of ether oxygens (including phenoxy) is 3. The SMILES string of the molecule is CCN(CC(=O)Nc1cc(Cl)ccc1OC)Cc1ccc(OC)c(OC)c1. The van der Waals surface area contributed by atoms with Gasteiger partial charge in [-0.2, -0.15) is 0 Å². The van der Waals surface area contributed by atoms with Crippen LogP contribution >= 0.6 is 11.6 Å². The van der Waals surface area contributed by atoms with Crippen LogP contribution in [0.5, 0.6) is 17.2 Å². The summed E-state index contributed by atoms with van der Waals surface area (Å²) in [6.07, 6.45) is 0. The first-order chi connectivity index (χ1) is 13.0. The smallest absolute Gasteiger partial charge is 0.238 e. The summed E-state index contributed by atoms with van der Waals surface area (Å²) in [6, 6.07) is 10.8. The maximum absolute atomic E-state index is 12.5. The number of carbonyl (C=O) groups excluding carboxylic acids is 1. The molecule has 0 atom stereocenters. The number of methoxy groups -OCH3 is 3. The van der Waals surface area contributed by atoms with Crippen LogP contribution in [0.4, 0.5) is 5.69 Å². The molecule has 1 N–H and O–H groups in total. The molecule has 0 aliphatic carbocycles. The molecule has 0 unspecified atom stereocenters. The molecular formula is C20H25ClN2O4. The summed E-state index contributed by atoms with van der Waals surface area (Å²) in [5.74, 6) is 1.77. The van der Waals surface area contributed by atoms with Crippen molar-refractivity contribution < 1.29 is 19.0 Å². The number of likely N-dealkylation sites (N-methyl/N-ethyl adjacent to an activating group) is 1. The summed E-state index contributed by atoms with van der Waals surface area (Å²) in [7, 11) is 4.75. The van der Waals surface area contributed by atoms with E-state index in [2.05, 4.69) is 5.32 Å². The van der Waals surface area contributed by atoms with Crippen LogP contribution in [0.2, 0.25) is 5.02 Å². The molecular weight excluding hydrogens is 368 g/mol. The zero-order valence-corrected chi connectivity index (χ0v) is 16.8. The van der Waals surface area contributed by atoms with Gasteiger partial charge in [-0.3, -0.25) is 9.69 Å². The van der Waals surface area contributed by atoms with Crippen molar-refractivity contribution in [1.29, 1.82) is 0 Å². The van der Waals surface area contributed by atoms with Gasteiger partial charge in [0.15, 0.2) is 11.5 Å². The Morgan fingerprint density at radius 3 is 2.30 bits per heavy atom. The monoisotopic (exact) mass is 392 g/mol. The summed E-state index contributed by atoms with van der Waals surface area (Å²) in [5.41, 5.74) is 1.58. The van der Waals surface area contributed by atoms with Crippen LogP contribution in [0.1, 0.15) is 12.5 Å². The molecule has 0 heterocycles. The van der Waals surface area contributed by atoms with Gasteiger partial charge in [-0.15, -0.1) is 0 Å². The van der Waals surface area contributed by atoms with Gasteiger partial charge in [-0.1, -0.05) is 24.6 Å². The van der Waals surface area contributed by atoms with Crippen molar-refractivity contribution in [2.24, 2.45) is 0 Å². The molecule has 2 rings (SSSR count). The van der Waals surface area contributed by atoms with E-state index in [-0.39, 0.29) is 12.5 Å². The number of rotatable bonds is 9. The molecule has 2 aromatic rings. The zero-order chi connectivity index (χ0) is 19.8. The Hall–Kier alpha value is -2.44. The van der Waals surface area contributed by atoms with E-state index in [0.717, 1.165) is 5.56 Å². The Labute approximate surface area is 165 Å². The molecule has 6 nitrogen and oxygen atoms in total. The lowest BCUT2D eigenvalue weighted by molar-refractivity contribution is -0.117. The Kier molecular flexibility index (Phi) is 7.76. The Balaban J connectivity index is 2.04. The lowest BCUT2D eigenvalue weighted by Gasteiger charge is -2.21. The molecule has 0 aliphatic rings. The highest BCUT2D eigenvalue weighted by Crippen LogP contribution is 2.29. The van der Waals surface area contributed by atoms with Gasteiger partial charge in [-0.05, 0) is 42.4 Å². The molecule has 27 heavy (non-hydrogen) atoms. The van der Waals surface area contributed by atoms with Gasteiger partial charge in [0.05, 0.1) is 33.6 Å². The molecule has 0 aliphatic heterocycles. The molecule has 0 saturated heterocycles. The van der Waals surface area contributed by atoms with Crippen molar-refractivity contribution in [3.63, 3.8) is 0 Å². The number of anilines is 1. The van der Waals surface area contributed by atoms with E-state index in [1.54, 1.807) is 39.5 Å². The van der Waals surface area contributed by atoms with Gasteiger partial charge in [-0.25, -0.2) is 0 Å². The summed E-state index contributed by atoms with van der Waals surface area (Å²) < 4.78 is 15.9. The average Bonchev–Trinajstić information content (AvgIpc) is 2.67. The highest BCUT2D eigenvalue weighted by Gasteiger charge is 2.14. The van der Waals surface area contributed by atoms with E-state index in [1.807, 2.05) is 30.0 Å². The van der Waals surface area contributed by atoms with Gasteiger partial charge in [0, 0.05) is 11.6 Å². The standard InChI is InChI=1S/C20H25ClN2O4/c1-5-23(12-14-6-8-18(26-3)19(10-14)27-4)13-20(24)22-16-11-15(21)7-9-17(16)25-2/h6-11H,5,12-13H2,1-4H3,(H,22,24). The zero-order valence-electron chi connectivity index (χ0n) is 16.0. The molecule has 0 saturated carbocycles. The van der Waals surface area contributed by atoms with Crippen LogP contribution in [-0.4, -0.2) is 45.2 Å². The predicted molar refractivity (Wildman–Crippen MR) is 107 cm³/mol. The molecule has 7 heteroatoms. The van der Waals surface area contributed by atoms with Gasteiger partial charge >= 0.3 is 0 Å². The van der Waals surface area contributed by atoms with Gasteiger partial charge in [0.2, 0.25) is 5.91 Å². The maximum atomic E-state index is 12.5. The van der Waals surface area contributed by atoms with Crippen LogP contribution in [0.3, 0.4) is 0 Å². The molecule has 0 bridgehead atoms. The molecule has 2 aromatic carbocycles. The summed E-state index contributed by atoms with van der Waals surface area (Å²) in [6.45, 7) is 3.57. The quantitative estimate of drug-likeness (QED) is 0.702. The molecule has 0 spiro atoms. The van der Waals surface area contributed by atoms with E-state index < -0.39 is 0 Å². The summed E-state index contributed by atoms with van der Waals surface area (Å²) in [5, 5.41) is 3.39. The predicted octanol–water partition coefficient (Wildman–Crippen LogP) is 3.83. The van der Waals surface area contributed by atoms with E-state index in [4.69, 9.17) is 25.8 Å². The molecule has 0 fully saturated rings. The van der Waals surface area contributed by atoms with Crippen LogP contribution in [0.15, 0.2) is 36.4 Å². The lowest BCUT2D eigenvalue weighted by atomic mass is 10.2. The average molecular weight is 393 g/mol. The normalized spacial score (nSPS) is 10.6. The fourth-order valence-corrected chi connectivity index (χ4v) is 2.86. The fourth-order valence-electron chi connectivity index (χ4n) is 2.69. The van der Waals surface area contributed by atoms with Gasteiger partial charge in [0.25, 0.3) is 0 Å². The second-order valence-electron chi connectivity index (χ2n) is 5.89. The van der Waals surface area contributed by atoms with Crippen LogP contribution in [0.25, 0.3) is 0 Å². The lowest BCUT2D eigenvalue weighted by Crippen LogP contribution is -2.32. The Morgan fingerprint density at radius 2 is 1.67 bits per heavy atom. The first-order valence-electron chi connectivity index (χ1n) is 8.57. The minimum atomic E-state index is -0.141. The largest absolute Gasteiger partial charge is 0.495 e. The number of nitrogens with one attached hydrogen (secondary N) is 1. The van der Waals surface area contributed by atoms with Gasteiger partial charge in [0.1, 0.15) is 5.75 Å². The van der Waals surface area contributed by atoms with Crippen LogP contribution in [0, 0.1) is 0 Å². The van der Waals surface area contributed by atoms with Crippen molar-refractivity contribution >= 4 is 23.2 Å². The molecule has 0 radical (unpaired) electrons. The van der Waals surface area contributed by atoms with Crippen molar-refractivity contribution in [2.75, 3.05) is 39.7 Å². The van der Waals surface area contributed by atoms with E-state index in [0.29, 0.717) is 41.0 Å². The third-order valence-corrected chi connectivity index (χ3v) is 4.34. The highest BCUT2D eigenvalue weighted by molar-refractivity contribution is 6.31. The van der Waals surface area contributed by atoms with Gasteiger partial charge < -0.3 is 19.5 Å². The summed E-state index contributed by atoms with van der Waals surface area (Å²) in [4.78, 5) is 14.5. The fraction of sp³-hybridized carbons (Fsp3) is 0.350. The van der Waals surface area contributed by atoms with Crippen molar-refractivity contribution in [2.45, 2.75) is 13.5 Å². The van der Waals surface area contributed by atoms with Crippen molar-refractivity contribution in [1.82, 2.24) is 4.90 Å². The third kappa shape index (κ3) is 5.77. The molecule has 0 aromatic heterocycles. The number of hydrogen-bond donors (Lipinski definition) is 1. The number of halogens is 1. The minimum absolute atomic E-state index is 0.141. The number of benzene rings is 2. The van der Waals surface area contributed by atoms with Crippen molar-refractivity contribution in [3.05, 3.63) is 47.0 Å². The Bertz CT molecular complexity index is 783. The van der Waals surface area contributed by atoms with Crippen molar-refractivity contribution in [3.8, 4) is 17.2 Å². The maximum Gasteiger partial charge on any atom is 0.238 e. The number of carbonyl (C=O) groups is 1. The van der Waals surface area contributed by atoms with E-state index in [1.165, 1.54) is 0 Å². The summed E-state index contributed by atoms with van der Waals surface area (Å²) >= 11 is 6.01. The minimum Gasteiger partial charge on any atom is -0.495 e. The molecule has 146 valence electrons. The molecule has 1 amide bonds.